The van der Waals surface area contributed by atoms with Gasteiger partial charge < -0.3 is 0 Å². The van der Waals surface area contributed by atoms with Gasteiger partial charge in [-0.25, -0.2) is 0 Å². The maximum Gasteiger partial charge on any atom is -0.0156 e. The summed E-state index contributed by atoms with van der Waals surface area (Å²) in [5, 5.41) is 0. The van der Waals surface area contributed by atoms with Crippen molar-refractivity contribution in [3.8, 4) is 0 Å². The molecule has 0 N–H and O–H groups in total. The molecule has 1 radical (unpaired) electrons. The van der Waals surface area contributed by atoms with E-state index in [1.807, 2.05) is 0 Å². The van der Waals surface area contributed by atoms with Crippen LogP contribution in [0.5, 0.6) is 0 Å². The minimum absolute atomic E-state index is 0.508. The van der Waals surface area contributed by atoms with Crippen molar-refractivity contribution in [3.63, 3.8) is 0 Å². The van der Waals surface area contributed by atoms with Crippen LogP contribution in [0, 0.1) is 12.3 Å². The molecule has 2 aromatic carbocycles. The topological polar surface area (TPSA) is 0 Å². The van der Waals surface area contributed by atoms with Crippen LogP contribution in [0.25, 0.3) is 0 Å². The predicted octanol–water partition coefficient (Wildman–Crippen LogP) is 15.0. The first-order chi connectivity index (χ1) is 22.2. The Balaban J connectivity index is 1.80. The average molecular weight is 616 g/mol. The Kier molecular flexibility index (Phi) is 24.2. The normalized spacial score (nSPS) is 12.9. The summed E-state index contributed by atoms with van der Waals surface area (Å²) >= 11 is 0. The van der Waals surface area contributed by atoms with Gasteiger partial charge in [0.2, 0.25) is 0 Å². The molecule has 0 bridgehead atoms. The van der Waals surface area contributed by atoms with Gasteiger partial charge in [0.1, 0.15) is 0 Å². The zero-order valence-electron chi connectivity index (χ0n) is 30.7. The first-order valence-electron chi connectivity index (χ1n) is 20.2. The predicted molar refractivity (Wildman–Crippen MR) is 203 cm³/mol. The van der Waals surface area contributed by atoms with Crippen molar-refractivity contribution >= 4 is 0 Å². The molecule has 2 rings (SSSR count). The van der Waals surface area contributed by atoms with E-state index in [-0.39, 0.29) is 0 Å². The Labute approximate surface area is 283 Å². The van der Waals surface area contributed by atoms with Crippen LogP contribution in [0.4, 0.5) is 0 Å². The van der Waals surface area contributed by atoms with Crippen LogP contribution in [0.3, 0.4) is 0 Å². The first kappa shape index (κ1) is 39.6. The fourth-order valence-corrected chi connectivity index (χ4v) is 7.03. The number of rotatable bonds is 30. The smallest absolute Gasteiger partial charge is 0.0156 e. The van der Waals surface area contributed by atoms with Gasteiger partial charge in [-0.05, 0) is 79.0 Å². The number of hydrogen-bond donors (Lipinski definition) is 0. The molecule has 0 heteroatoms. The number of unbranched alkanes of at least 4 members (excludes halogenated alkanes) is 19. The standard InChI is InChI=1S/C45H75/c1-5-8-11-14-17-19-22-24-27-41-30-32-43(33-31-41)39-44(29-26-21-16-13-10-7-3)38-40(4)45-36-34-42(35-37-45)28-25-23-20-18-15-12-9-6-2/h30-38,40,44H,5-29,39H2,1-4H3. The highest BCUT2D eigenvalue weighted by atomic mass is 14.2. The molecule has 0 aromatic heterocycles. The molecule has 0 spiro atoms. The van der Waals surface area contributed by atoms with Crippen LogP contribution in [0.15, 0.2) is 48.5 Å². The lowest BCUT2D eigenvalue weighted by atomic mass is 9.83. The van der Waals surface area contributed by atoms with Crippen LogP contribution < -0.4 is 0 Å². The number of hydrogen-bond acceptors (Lipinski definition) is 0. The molecule has 0 heterocycles. The summed E-state index contributed by atoms with van der Waals surface area (Å²) in [5.41, 5.74) is 6.06. The van der Waals surface area contributed by atoms with Crippen LogP contribution in [-0.2, 0) is 19.3 Å². The molecule has 2 atom stereocenters. The van der Waals surface area contributed by atoms with E-state index in [4.69, 9.17) is 0 Å². The zero-order chi connectivity index (χ0) is 32.2. The van der Waals surface area contributed by atoms with Gasteiger partial charge in [0, 0.05) is 0 Å². The summed E-state index contributed by atoms with van der Waals surface area (Å²) < 4.78 is 0. The molecular weight excluding hydrogens is 540 g/mol. The summed E-state index contributed by atoms with van der Waals surface area (Å²) in [5.74, 6) is 1.16. The molecule has 0 amide bonds. The Morgan fingerprint density at radius 2 is 0.778 bits per heavy atom. The van der Waals surface area contributed by atoms with Crippen molar-refractivity contribution in [1.82, 2.24) is 0 Å². The summed E-state index contributed by atoms with van der Waals surface area (Å²) in [7, 11) is 0. The molecule has 2 unspecified atom stereocenters. The van der Waals surface area contributed by atoms with Gasteiger partial charge in [0.25, 0.3) is 0 Å². The van der Waals surface area contributed by atoms with E-state index in [0.29, 0.717) is 11.8 Å². The number of aryl methyl sites for hydroxylation is 2. The van der Waals surface area contributed by atoms with Crippen molar-refractivity contribution in [2.24, 2.45) is 5.92 Å². The quantitative estimate of drug-likeness (QED) is 0.0767. The first-order valence-corrected chi connectivity index (χ1v) is 20.2. The molecule has 0 aliphatic rings. The van der Waals surface area contributed by atoms with E-state index in [1.165, 1.54) is 189 Å². The molecular formula is C45H75. The monoisotopic (exact) mass is 616 g/mol. The van der Waals surface area contributed by atoms with Crippen molar-refractivity contribution in [3.05, 3.63) is 77.2 Å². The van der Waals surface area contributed by atoms with Crippen molar-refractivity contribution in [1.29, 1.82) is 0 Å². The third kappa shape index (κ3) is 20.3. The molecule has 0 aliphatic heterocycles. The summed E-state index contributed by atoms with van der Waals surface area (Å²) in [6.45, 7) is 9.35. The molecule has 0 saturated carbocycles. The second-order valence-electron chi connectivity index (χ2n) is 14.5. The van der Waals surface area contributed by atoms with E-state index in [0.717, 1.165) is 0 Å². The fourth-order valence-electron chi connectivity index (χ4n) is 7.03. The average Bonchev–Trinajstić information content (AvgIpc) is 3.06. The summed E-state index contributed by atoms with van der Waals surface area (Å²) in [6, 6.07) is 19.4. The lowest BCUT2D eigenvalue weighted by Crippen LogP contribution is -2.10. The highest BCUT2D eigenvalue weighted by Crippen LogP contribution is 2.29. The number of benzene rings is 2. The third-order valence-corrected chi connectivity index (χ3v) is 10.2. The van der Waals surface area contributed by atoms with Gasteiger partial charge in [-0.15, -0.1) is 0 Å². The maximum atomic E-state index is 2.69. The van der Waals surface area contributed by atoms with Gasteiger partial charge in [-0.3, -0.25) is 0 Å². The summed E-state index contributed by atoms with van der Waals surface area (Å²) in [6.07, 6.45) is 38.4. The van der Waals surface area contributed by atoms with E-state index in [9.17, 15) is 0 Å². The minimum Gasteiger partial charge on any atom is -0.0654 e. The van der Waals surface area contributed by atoms with Crippen LogP contribution in [0.1, 0.15) is 204 Å². The van der Waals surface area contributed by atoms with Gasteiger partial charge in [-0.1, -0.05) is 205 Å². The lowest BCUT2D eigenvalue weighted by Gasteiger charge is -2.22. The highest BCUT2D eigenvalue weighted by molar-refractivity contribution is 5.28. The van der Waals surface area contributed by atoms with Crippen LogP contribution in [-0.4, -0.2) is 0 Å². The van der Waals surface area contributed by atoms with E-state index in [2.05, 4.69) is 82.6 Å². The van der Waals surface area contributed by atoms with Crippen LogP contribution >= 0.6 is 0 Å². The molecule has 45 heavy (non-hydrogen) atoms. The van der Waals surface area contributed by atoms with Crippen molar-refractivity contribution in [2.75, 3.05) is 0 Å². The molecule has 0 saturated heterocycles. The van der Waals surface area contributed by atoms with Gasteiger partial charge >= 0.3 is 0 Å². The molecule has 0 fully saturated rings. The third-order valence-electron chi connectivity index (χ3n) is 10.2. The minimum atomic E-state index is 0.508. The Hall–Kier alpha value is -1.56. The second kappa shape index (κ2) is 27.5. The van der Waals surface area contributed by atoms with Gasteiger partial charge in [-0.2, -0.15) is 0 Å². The molecule has 0 nitrogen and oxygen atoms in total. The van der Waals surface area contributed by atoms with Gasteiger partial charge in [0.05, 0.1) is 0 Å². The molecule has 255 valence electrons. The summed E-state index contributed by atoms with van der Waals surface area (Å²) in [4.78, 5) is 0. The molecule has 2 aromatic rings. The largest absolute Gasteiger partial charge is 0.0654 e. The Morgan fingerprint density at radius 1 is 0.422 bits per heavy atom. The van der Waals surface area contributed by atoms with E-state index in [1.54, 1.807) is 0 Å². The Morgan fingerprint density at radius 3 is 1.22 bits per heavy atom. The maximum absolute atomic E-state index is 2.69. The highest BCUT2D eigenvalue weighted by Gasteiger charge is 2.16. The van der Waals surface area contributed by atoms with Crippen LogP contribution in [0.2, 0.25) is 0 Å². The zero-order valence-corrected chi connectivity index (χ0v) is 30.7. The van der Waals surface area contributed by atoms with Gasteiger partial charge in [0.15, 0.2) is 0 Å². The second-order valence-corrected chi connectivity index (χ2v) is 14.5. The van der Waals surface area contributed by atoms with Crippen molar-refractivity contribution < 1.29 is 0 Å². The van der Waals surface area contributed by atoms with E-state index >= 15 is 0 Å². The Bertz CT molecular complexity index is 891. The lowest BCUT2D eigenvalue weighted by molar-refractivity contribution is 0.475. The SMILES string of the molecule is CCCCCCCCCCc1ccc(CC([CH]C(C)c2ccc(CCCCCCCCCC)cc2)CCCCCCCC)cc1. The molecule has 0 aliphatic carbocycles. The van der Waals surface area contributed by atoms with E-state index < -0.39 is 0 Å². The van der Waals surface area contributed by atoms with Crippen molar-refractivity contribution in [2.45, 2.75) is 201 Å². The fraction of sp³-hybridized carbons (Fsp3) is 0.711.